The van der Waals surface area contributed by atoms with Gasteiger partial charge in [-0.3, -0.25) is 18.7 Å². The number of hydrogen-bond donors (Lipinski definition) is 2. The SMILES string of the molecule is Cn1c(=O)c2c(nc(Cc3ccccc3Cl)n2Cc2ccc(C(C(=O)N[C@@H](CO)c3ccccc3)C3CCCC3)cc2)n(C)c1=O. The van der Waals surface area contributed by atoms with Gasteiger partial charge in [0, 0.05) is 32.1 Å². The van der Waals surface area contributed by atoms with Crippen molar-refractivity contribution in [3.05, 3.63) is 133 Å². The second-order valence-electron chi connectivity index (χ2n) is 12.2. The van der Waals surface area contributed by atoms with Crippen LogP contribution in [0.2, 0.25) is 5.02 Å². The summed E-state index contributed by atoms with van der Waals surface area (Å²) >= 11 is 6.50. The predicted molar refractivity (Wildman–Crippen MR) is 179 cm³/mol. The summed E-state index contributed by atoms with van der Waals surface area (Å²) in [5.74, 6) is 0.394. The normalized spacial score (nSPS) is 14.9. The van der Waals surface area contributed by atoms with Gasteiger partial charge in [0.1, 0.15) is 5.82 Å². The number of fused-ring (bicyclic) bond motifs is 1. The molecule has 1 fully saturated rings. The minimum Gasteiger partial charge on any atom is -0.394 e. The fourth-order valence-electron chi connectivity index (χ4n) is 6.73. The standard InChI is InChI=1S/C36H38ClN5O4/c1-40-33-32(35(45)41(2)36(40)46)42(30(39-33)20-27-14-8-9-15-28(27)37)21-23-16-18-26(19-17-23)31(25-12-6-7-13-25)34(44)38-29(22-43)24-10-4-3-5-11-24/h3-5,8-11,14-19,25,29,31,43H,6-7,12-13,20-22H2,1-2H3,(H,38,44)/t29-,31?/m0/s1. The lowest BCUT2D eigenvalue weighted by Crippen LogP contribution is -2.37. The van der Waals surface area contributed by atoms with E-state index >= 15 is 0 Å². The van der Waals surface area contributed by atoms with Gasteiger partial charge in [-0.1, -0.05) is 97.2 Å². The molecule has 5 aromatic rings. The number of aryl methyl sites for hydroxylation is 1. The lowest BCUT2D eigenvalue weighted by molar-refractivity contribution is -0.124. The predicted octanol–water partition coefficient (Wildman–Crippen LogP) is 4.85. The molecule has 0 saturated heterocycles. The maximum absolute atomic E-state index is 13.8. The lowest BCUT2D eigenvalue weighted by atomic mass is 9.83. The van der Waals surface area contributed by atoms with Crippen LogP contribution in [0.25, 0.3) is 11.2 Å². The van der Waals surface area contributed by atoms with Crippen LogP contribution in [0.5, 0.6) is 0 Å². The zero-order chi connectivity index (χ0) is 32.4. The highest BCUT2D eigenvalue weighted by molar-refractivity contribution is 6.31. The van der Waals surface area contributed by atoms with E-state index in [0.717, 1.165) is 52.5 Å². The molecule has 1 aliphatic carbocycles. The Morgan fingerprint density at radius 3 is 2.28 bits per heavy atom. The van der Waals surface area contributed by atoms with Crippen LogP contribution in [0.3, 0.4) is 0 Å². The van der Waals surface area contributed by atoms with E-state index in [9.17, 15) is 19.5 Å². The number of benzene rings is 3. The molecule has 1 saturated carbocycles. The van der Waals surface area contributed by atoms with Gasteiger partial charge in [-0.25, -0.2) is 9.78 Å². The number of nitrogens with zero attached hydrogens (tertiary/aromatic N) is 4. The first-order valence-electron chi connectivity index (χ1n) is 15.7. The van der Waals surface area contributed by atoms with Crippen LogP contribution in [0.1, 0.15) is 65.7 Å². The zero-order valence-electron chi connectivity index (χ0n) is 26.0. The van der Waals surface area contributed by atoms with Crippen molar-refractivity contribution in [3.63, 3.8) is 0 Å². The molecule has 1 amide bonds. The van der Waals surface area contributed by atoms with Crippen molar-refractivity contribution >= 4 is 28.7 Å². The summed E-state index contributed by atoms with van der Waals surface area (Å²) in [6.07, 6.45) is 4.51. The third kappa shape index (κ3) is 6.17. The molecule has 0 bridgehead atoms. The Morgan fingerprint density at radius 2 is 1.61 bits per heavy atom. The van der Waals surface area contributed by atoms with Gasteiger partial charge in [-0.15, -0.1) is 0 Å². The number of amides is 1. The first-order valence-corrected chi connectivity index (χ1v) is 16.1. The molecule has 9 nitrogen and oxygen atoms in total. The van der Waals surface area contributed by atoms with Crippen LogP contribution in [-0.2, 0) is 31.9 Å². The molecule has 2 atom stereocenters. The highest BCUT2D eigenvalue weighted by Gasteiger charge is 2.33. The number of halogens is 1. The summed E-state index contributed by atoms with van der Waals surface area (Å²) in [5, 5.41) is 13.8. The Balaban J connectivity index is 1.34. The van der Waals surface area contributed by atoms with Gasteiger partial charge in [-0.2, -0.15) is 0 Å². The molecule has 1 aliphatic rings. The van der Waals surface area contributed by atoms with Crippen molar-refractivity contribution in [2.75, 3.05) is 6.61 Å². The third-order valence-electron chi connectivity index (χ3n) is 9.27. The van der Waals surface area contributed by atoms with E-state index in [1.807, 2.05) is 83.4 Å². The Labute approximate surface area is 272 Å². The van der Waals surface area contributed by atoms with E-state index in [-0.39, 0.29) is 24.3 Å². The molecule has 10 heteroatoms. The Bertz CT molecular complexity index is 1970. The number of carbonyl (C=O) groups excluding carboxylic acids is 1. The Kier molecular flexibility index (Phi) is 9.24. The van der Waals surface area contributed by atoms with Gasteiger partial charge >= 0.3 is 5.69 Å². The number of aliphatic hydroxyl groups excluding tert-OH is 1. The highest BCUT2D eigenvalue weighted by Crippen LogP contribution is 2.38. The minimum atomic E-state index is -0.485. The molecular weight excluding hydrogens is 602 g/mol. The van der Waals surface area contributed by atoms with Crippen molar-refractivity contribution in [1.29, 1.82) is 0 Å². The quantitative estimate of drug-likeness (QED) is 0.227. The van der Waals surface area contributed by atoms with Gasteiger partial charge in [0.2, 0.25) is 5.91 Å². The van der Waals surface area contributed by atoms with E-state index in [4.69, 9.17) is 16.6 Å². The van der Waals surface area contributed by atoms with E-state index in [0.29, 0.717) is 35.0 Å². The zero-order valence-corrected chi connectivity index (χ0v) is 26.8. The van der Waals surface area contributed by atoms with E-state index in [2.05, 4.69) is 5.32 Å². The van der Waals surface area contributed by atoms with Crippen LogP contribution in [0.15, 0.2) is 88.5 Å². The smallest absolute Gasteiger partial charge is 0.332 e. The number of aromatic nitrogens is 4. The topological polar surface area (TPSA) is 111 Å². The molecule has 3 aromatic carbocycles. The average molecular weight is 640 g/mol. The maximum Gasteiger partial charge on any atom is 0.332 e. The van der Waals surface area contributed by atoms with Crippen molar-refractivity contribution in [2.45, 2.75) is 50.6 Å². The molecule has 2 heterocycles. The highest BCUT2D eigenvalue weighted by atomic mass is 35.5. The third-order valence-corrected chi connectivity index (χ3v) is 9.64. The lowest BCUT2D eigenvalue weighted by Gasteiger charge is -2.26. The average Bonchev–Trinajstić information content (AvgIpc) is 3.73. The van der Waals surface area contributed by atoms with Crippen molar-refractivity contribution in [1.82, 2.24) is 24.0 Å². The van der Waals surface area contributed by atoms with E-state index in [1.54, 1.807) is 7.05 Å². The summed E-state index contributed by atoms with van der Waals surface area (Å²) in [5.41, 5.74) is 3.37. The van der Waals surface area contributed by atoms with Gasteiger partial charge in [0.15, 0.2) is 11.2 Å². The number of carbonyl (C=O) groups is 1. The van der Waals surface area contributed by atoms with Crippen LogP contribution in [-0.4, -0.2) is 36.3 Å². The number of nitrogens with one attached hydrogen (secondary N) is 1. The summed E-state index contributed by atoms with van der Waals surface area (Å²) in [6, 6.07) is 24.5. The van der Waals surface area contributed by atoms with Crippen molar-refractivity contribution in [2.24, 2.45) is 20.0 Å². The van der Waals surface area contributed by atoms with Crippen LogP contribution in [0.4, 0.5) is 0 Å². The van der Waals surface area contributed by atoms with Crippen molar-refractivity contribution < 1.29 is 9.90 Å². The summed E-state index contributed by atoms with van der Waals surface area (Å²) in [7, 11) is 3.08. The van der Waals surface area contributed by atoms with Gasteiger partial charge < -0.3 is 15.0 Å². The number of aliphatic hydroxyl groups is 1. The molecule has 0 radical (unpaired) electrons. The number of hydrogen-bond acceptors (Lipinski definition) is 5. The minimum absolute atomic E-state index is 0.0883. The van der Waals surface area contributed by atoms with Crippen LogP contribution < -0.4 is 16.6 Å². The molecule has 46 heavy (non-hydrogen) atoms. The van der Waals surface area contributed by atoms with Gasteiger partial charge in [0.05, 0.1) is 18.6 Å². The van der Waals surface area contributed by atoms with E-state index < -0.39 is 17.3 Å². The fourth-order valence-corrected chi connectivity index (χ4v) is 6.93. The Hall–Kier alpha value is -4.47. The summed E-state index contributed by atoms with van der Waals surface area (Å²) in [4.78, 5) is 44.8. The molecule has 238 valence electrons. The molecule has 2 aromatic heterocycles. The van der Waals surface area contributed by atoms with Crippen LogP contribution in [0, 0.1) is 5.92 Å². The van der Waals surface area contributed by atoms with Crippen LogP contribution >= 0.6 is 11.6 Å². The molecule has 6 rings (SSSR count). The van der Waals surface area contributed by atoms with Gasteiger partial charge in [-0.05, 0) is 47.1 Å². The summed E-state index contributed by atoms with van der Waals surface area (Å²) in [6.45, 7) is 0.150. The fraction of sp³-hybridized carbons (Fsp3) is 0.333. The second-order valence-corrected chi connectivity index (χ2v) is 12.6. The van der Waals surface area contributed by atoms with E-state index in [1.165, 1.54) is 11.6 Å². The first-order chi connectivity index (χ1) is 22.3. The largest absolute Gasteiger partial charge is 0.394 e. The summed E-state index contributed by atoms with van der Waals surface area (Å²) < 4.78 is 4.36. The molecule has 1 unspecified atom stereocenters. The molecule has 0 spiro atoms. The monoisotopic (exact) mass is 639 g/mol. The maximum atomic E-state index is 13.8. The number of imidazole rings is 1. The molecule has 2 N–H and O–H groups in total. The molecular formula is C36H38ClN5O4. The van der Waals surface area contributed by atoms with Gasteiger partial charge in [0.25, 0.3) is 5.56 Å². The second kappa shape index (κ2) is 13.5. The first kappa shape index (κ1) is 31.5. The number of rotatable bonds is 10. The van der Waals surface area contributed by atoms with Crippen molar-refractivity contribution in [3.8, 4) is 0 Å². The molecule has 0 aliphatic heterocycles. The Morgan fingerprint density at radius 1 is 0.935 bits per heavy atom.